The fourth-order valence-corrected chi connectivity index (χ4v) is 4.56. The number of aromatic nitrogens is 3. The van der Waals surface area contributed by atoms with Gasteiger partial charge in [0.15, 0.2) is 0 Å². The summed E-state index contributed by atoms with van der Waals surface area (Å²) in [6, 6.07) is 5.70. The fourth-order valence-electron chi connectivity index (χ4n) is 4.56. The topological polar surface area (TPSA) is 69.4 Å². The van der Waals surface area contributed by atoms with Gasteiger partial charge in [-0.2, -0.15) is 13.2 Å². The van der Waals surface area contributed by atoms with Crippen LogP contribution in [0.15, 0.2) is 47.7 Å². The molecule has 1 amide bonds. The minimum absolute atomic E-state index is 0.0654. The number of benzene rings is 1. The Morgan fingerprint density at radius 1 is 1.14 bits per heavy atom. The van der Waals surface area contributed by atoms with Gasteiger partial charge in [0.1, 0.15) is 17.1 Å². The molecule has 1 fully saturated rings. The van der Waals surface area contributed by atoms with Gasteiger partial charge in [0.25, 0.3) is 11.5 Å². The summed E-state index contributed by atoms with van der Waals surface area (Å²) in [4.78, 5) is 32.3. The molecular formula is C25H25F3N4O3. The largest absolute Gasteiger partial charge is 0.490 e. The summed E-state index contributed by atoms with van der Waals surface area (Å²) in [7, 11) is 0. The number of hydrogen-bond donors (Lipinski definition) is 0. The predicted octanol–water partition coefficient (Wildman–Crippen LogP) is 4.51. The van der Waals surface area contributed by atoms with Gasteiger partial charge in [-0.05, 0) is 69.5 Å². The van der Waals surface area contributed by atoms with Crippen LogP contribution in [0.1, 0.15) is 60.0 Å². The van der Waals surface area contributed by atoms with Crippen LogP contribution in [0, 0.1) is 6.92 Å². The first kappa shape index (κ1) is 23.2. The summed E-state index contributed by atoms with van der Waals surface area (Å²) in [5.41, 5.74) is 0.510. The molecule has 0 N–H and O–H groups in total. The van der Waals surface area contributed by atoms with E-state index in [0.29, 0.717) is 11.3 Å². The van der Waals surface area contributed by atoms with Crippen molar-refractivity contribution in [3.63, 3.8) is 0 Å². The van der Waals surface area contributed by atoms with Gasteiger partial charge in [0.05, 0.1) is 29.7 Å². The molecule has 2 aromatic heterocycles. The molecule has 5 rings (SSSR count). The number of carbonyl (C=O) groups is 1. The number of imidazole rings is 1. The first-order chi connectivity index (χ1) is 16.5. The lowest BCUT2D eigenvalue weighted by Crippen LogP contribution is -2.50. The quantitative estimate of drug-likeness (QED) is 0.532. The SMILES string of the molecule is Cc1cn(-c2ccc3n(c2=O)C[C@@H](C)N([C@H](C)c2cc(OC4CC4)cc(C(F)(F)F)c2)C3=O)cn1. The van der Waals surface area contributed by atoms with Gasteiger partial charge >= 0.3 is 6.18 Å². The third kappa shape index (κ3) is 4.33. The second kappa shape index (κ2) is 8.28. The highest BCUT2D eigenvalue weighted by Gasteiger charge is 2.37. The van der Waals surface area contributed by atoms with Crippen LogP contribution in [0.5, 0.6) is 5.75 Å². The van der Waals surface area contributed by atoms with Gasteiger partial charge in [0.2, 0.25) is 0 Å². The van der Waals surface area contributed by atoms with E-state index in [0.717, 1.165) is 30.7 Å². The minimum atomic E-state index is -4.54. The Kier molecular flexibility index (Phi) is 5.49. The maximum absolute atomic E-state index is 13.6. The highest BCUT2D eigenvalue weighted by molar-refractivity contribution is 5.94. The maximum atomic E-state index is 13.6. The van der Waals surface area contributed by atoms with E-state index < -0.39 is 29.7 Å². The molecular weight excluding hydrogens is 461 g/mol. The van der Waals surface area contributed by atoms with Crippen LogP contribution in [0.2, 0.25) is 0 Å². The number of carbonyl (C=O) groups excluding carboxylic acids is 1. The zero-order chi connectivity index (χ0) is 25.1. The third-order valence-electron chi connectivity index (χ3n) is 6.50. The molecule has 0 bridgehead atoms. The average molecular weight is 486 g/mol. The molecule has 0 spiro atoms. The maximum Gasteiger partial charge on any atom is 0.416 e. The van der Waals surface area contributed by atoms with Gasteiger partial charge < -0.3 is 18.8 Å². The van der Waals surface area contributed by atoms with Crippen molar-refractivity contribution in [3.05, 3.63) is 75.7 Å². The van der Waals surface area contributed by atoms with Gasteiger partial charge in [-0.1, -0.05) is 0 Å². The molecule has 1 aliphatic carbocycles. The molecule has 35 heavy (non-hydrogen) atoms. The summed E-state index contributed by atoms with van der Waals surface area (Å²) < 4.78 is 49.5. The Bertz CT molecular complexity index is 1360. The van der Waals surface area contributed by atoms with Crippen LogP contribution in [0.25, 0.3) is 5.69 Å². The van der Waals surface area contributed by atoms with Crippen LogP contribution < -0.4 is 10.3 Å². The Morgan fingerprint density at radius 2 is 1.89 bits per heavy atom. The van der Waals surface area contributed by atoms with E-state index in [9.17, 15) is 22.8 Å². The van der Waals surface area contributed by atoms with Crippen molar-refractivity contribution in [2.45, 2.75) is 64.5 Å². The molecule has 1 aliphatic heterocycles. The van der Waals surface area contributed by atoms with Crippen molar-refractivity contribution in [2.75, 3.05) is 0 Å². The van der Waals surface area contributed by atoms with Crippen LogP contribution in [-0.4, -0.2) is 37.1 Å². The Hall–Kier alpha value is -3.56. The van der Waals surface area contributed by atoms with Crippen LogP contribution in [-0.2, 0) is 12.7 Å². The summed E-state index contributed by atoms with van der Waals surface area (Å²) in [6.07, 6.45) is 0.280. The van der Waals surface area contributed by atoms with E-state index >= 15 is 0 Å². The van der Waals surface area contributed by atoms with Gasteiger partial charge in [-0.25, -0.2) is 4.98 Å². The van der Waals surface area contributed by atoms with Gasteiger partial charge in [0, 0.05) is 18.8 Å². The Morgan fingerprint density at radius 3 is 2.51 bits per heavy atom. The minimum Gasteiger partial charge on any atom is -0.490 e. The lowest BCUT2D eigenvalue weighted by molar-refractivity contribution is -0.137. The van der Waals surface area contributed by atoms with E-state index in [4.69, 9.17) is 4.74 Å². The van der Waals surface area contributed by atoms with Crippen molar-refractivity contribution in [1.29, 1.82) is 0 Å². The molecule has 3 aromatic rings. The number of alkyl halides is 3. The summed E-state index contributed by atoms with van der Waals surface area (Å²) in [5.74, 6) is -0.262. The highest BCUT2D eigenvalue weighted by Crippen LogP contribution is 2.38. The second-order valence-corrected chi connectivity index (χ2v) is 9.29. The number of nitrogens with zero attached hydrogens (tertiary/aromatic N) is 4. The average Bonchev–Trinajstić information content (AvgIpc) is 3.50. The Balaban J connectivity index is 1.50. The molecule has 2 aliphatic rings. The number of halogens is 3. The number of rotatable bonds is 5. The lowest BCUT2D eigenvalue weighted by atomic mass is 9.99. The third-order valence-corrected chi connectivity index (χ3v) is 6.50. The molecule has 10 heteroatoms. The molecule has 0 saturated heterocycles. The normalized spacial score (nSPS) is 19.0. The predicted molar refractivity (Wildman–Crippen MR) is 122 cm³/mol. The zero-order valence-electron chi connectivity index (χ0n) is 19.5. The standard InChI is InChI=1S/C25H25F3N4O3/c1-14-11-30(13-29-14)21-6-7-22-24(34)32(15(2)12-31(22)23(21)33)16(3)17-8-18(25(26,27)28)10-20(9-17)35-19-4-5-19/h6-11,13,15-16,19H,4-5,12H2,1-3H3/t15-,16-/m1/s1. The molecule has 7 nitrogen and oxygen atoms in total. The molecule has 1 saturated carbocycles. The zero-order valence-corrected chi connectivity index (χ0v) is 19.5. The van der Waals surface area contributed by atoms with Crippen LogP contribution in [0.4, 0.5) is 13.2 Å². The van der Waals surface area contributed by atoms with Gasteiger partial charge in [-0.15, -0.1) is 0 Å². The number of ether oxygens (including phenoxy) is 1. The highest BCUT2D eigenvalue weighted by atomic mass is 19.4. The first-order valence-electron chi connectivity index (χ1n) is 11.5. The summed E-state index contributed by atoms with van der Waals surface area (Å²) >= 11 is 0. The van der Waals surface area contributed by atoms with Crippen molar-refractivity contribution in [2.24, 2.45) is 0 Å². The van der Waals surface area contributed by atoms with Crippen molar-refractivity contribution < 1.29 is 22.7 Å². The van der Waals surface area contributed by atoms with Crippen molar-refractivity contribution >= 4 is 5.91 Å². The summed E-state index contributed by atoms with van der Waals surface area (Å²) in [6.45, 7) is 5.51. The van der Waals surface area contributed by atoms with Crippen molar-refractivity contribution in [1.82, 2.24) is 19.0 Å². The van der Waals surface area contributed by atoms with E-state index in [-0.39, 0.29) is 29.7 Å². The molecule has 0 radical (unpaired) electrons. The van der Waals surface area contributed by atoms with Gasteiger partial charge in [-0.3, -0.25) is 9.59 Å². The van der Waals surface area contributed by atoms with E-state index in [1.807, 2.05) is 6.92 Å². The smallest absolute Gasteiger partial charge is 0.416 e. The Labute approximate surface area is 199 Å². The first-order valence-corrected chi connectivity index (χ1v) is 11.5. The van der Waals surface area contributed by atoms with E-state index in [2.05, 4.69) is 4.98 Å². The number of aryl methyl sites for hydroxylation is 1. The number of pyridine rings is 1. The lowest BCUT2D eigenvalue weighted by Gasteiger charge is -2.40. The fraction of sp³-hybridized carbons (Fsp3) is 0.400. The molecule has 184 valence electrons. The van der Waals surface area contributed by atoms with Crippen molar-refractivity contribution in [3.8, 4) is 11.4 Å². The number of amides is 1. The monoisotopic (exact) mass is 486 g/mol. The number of fused-ring (bicyclic) bond motifs is 1. The molecule has 2 atom stereocenters. The molecule has 0 unspecified atom stereocenters. The van der Waals surface area contributed by atoms with E-state index in [1.165, 1.54) is 15.8 Å². The second-order valence-electron chi connectivity index (χ2n) is 9.29. The van der Waals surface area contributed by atoms with E-state index in [1.54, 1.807) is 42.8 Å². The molecule has 3 heterocycles. The number of hydrogen-bond acceptors (Lipinski definition) is 4. The van der Waals surface area contributed by atoms with Crippen LogP contribution in [0.3, 0.4) is 0 Å². The molecule has 1 aromatic carbocycles. The van der Waals surface area contributed by atoms with Crippen LogP contribution >= 0.6 is 0 Å². The summed E-state index contributed by atoms with van der Waals surface area (Å²) in [5, 5.41) is 0.